The highest BCUT2D eigenvalue weighted by atomic mass is 32.2. The first-order valence-electron chi connectivity index (χ1n) is 6.97. The topological polar surface area (TPSA) is 62.5 Å². The third-order valence-electron chi connectivity index (χ3n) is 3.58. The summed E-state index contributed by atoms with van der Waals surface area (Å²) >= 11 is 1.69. The number of hydrogen-bond donors (Lipinski definition) is 2. The first-order valence-corrected chi connectivity index (χ1v) is 8.01. The maximum absolute atomic E-state index is 13.2. The lowest BCUT2D eigenvalue weighted by Crippen LogP contribution is -2.46. The van der Waals surface area contributed by atoms with Crippen LogP contribution in [-0.4, -0.2) is 34.7 Å². The second kappa shape index (κ2) is 6.54. The summed E-state index contributed by atoms with van der Waals surface area (Å²) in [4.78, 5) is 11.8. The van der Waals surface area contributed by atoms with Crippen molar-refractivity contribution in [3.05, 3.63) is 23.7 Å². The number of thioether (sulfide) groups is 1. The van der Waals surface area contributed by atoms with E-state index in [-0.39, 0.29) is 11.0 Å². The number of aryl methyl sites for hydroxylation is 1. The van der Waals surface area contributed by atoms with Gasteiger partial charge in [-0.15, -0.1) is 0 Å². The van der Waals surface area contributed by atoms with E-state index in [1.54, 1.807) is 11.8 Å². The lowest BCUT2D eigenvalue weighted by Gasteiger charge is -2.28. The van der Waals surface area contributed by atoms with Crippen molar-refractivity contribution < 1.29 is 27.5 Å². The van der Waals surface area contributed by atoms with Gasteiger partial charge in [0.15, 0.2) is 0 Å². The van der Waals surface area contributed by atoms with Crippen LogP contribution < -0.4 is 5.32 Å². The molecule has 0 saturated carbocycles. The molecule has 1 aliphatic heterocycles. The van der Waals surface area contributed by atoms with Gasteiger partial charge in [0, 0.05) is 11.8 Å². The lowest BCUT2D eigenvalue weighted by molar-refractivity contribution is -0.273. The average Bonchev–Trinajstić information content (AvgIpc) is 3.06. The van der Waals surface area contributed by atoms with E-state index in [0.717, 1.165) is 24.7 Å². The summed E-state index contributed by atoms with van der Waals surface area (Å²) in [6, 6.07) is 2.36. The number of furan rings is 1. The van der Waals surface area contributed by atoms with Crippen LogP contribution in [-0.2, 0) is 10.4 Å². The van der Waals surface area contributed by atoms with E-state index < -0.39 is 29.9 Å². The Morgan fingerprint density at radius 1 is 1.50 bits per heavy atom. The zero-order valence-corrected chi connectivity index (χ0v) is 12.9. The van der Waals surface area contributed by atoms with E-state index in [4.69, 9.17) is 4.42 Å². The Morgan fingerprint density at radius 3 is 2.73 bits per heavy atom. The Morgan fingerprint density at radius 2 is 2.23 bits per heavy atom. The molecular formula is C14H18F3NO3S. The van der Waals surface area contributed by atoms with Crippen molar-refractivity contribution in [2.24, 2.45) is 0 Å². The predicted octanol–water partition coefficient (Wildman–Crippen LogP) is 2.74. The summed E-state index contributed by atoms with van der Waals surface area (Å²) < 4.78 is 44.5. The molecule has 1 aromatic heterocycles. The van der Waals surface area contributed by atoms with Crippen molar-refractivity contribution in [3.63, 3.8) is 0 Å². The Labute approximate surface area is 130 Å². The van der Waals surface area contributed by atoms with E-state index in [2.05, 4.69) is 5.32 Å². The third-order valence-corrected chi connectivity index (χ3v) is 4.98. The molecule has 1 amide bonds. The Balaban J connectivity index is 2.05. The molecule has 0 radical (unpaired) electrons. The highest BCUT2D eigenvalue weighted by Crippen LogP contribution is 2.42. The van der Waals surface area contributed by atoms with Crippen LogP contribution in [0, 0.1) is 6.92 Å². The van der Waals surface area contributed by atoms with Crippen LogP contribution in [0.4, 0.5) is 13.2 Å². The Kier molecular flexibility index (Phi) is 5.11. The van der Waals surface area contributed by atoms with Crippen molar-refractivity contribution in [1.29, 1.82) is 0 Å². The molecule has 124 valence electrons. The molecule has 1 aliphatic rings. The molecular weight excluding hydrogens is 319 g/mol. The second-order valence-corrected chi connectivity index (χ2v) is 6.79. The number of rotatable bonds is 5. The molecule has 4 nitrogen and oxygen atoms in total. The monoisotopic (exact) mass is 337 g/mol. The predicted molar refractivity (Wildman–Crippen MR) is 76.5 cm³/mol. The smallest absolute Gasteiger partial charge is 0.425 e. The second-order valence-electron chi connectivity index (χ2n) is 5.38. The van der Waals surface area contributed by atoms with Crippen LogP contribution in [0.3, 0.4) is 0 Å². The average molecular weight is 337 g/mol. The number of carbonyl (C=O) groups is 1. The summed E-state index contributed by atoms with van der Waals surface area (Å²) in [5.41, 5.74) is -3.31. The molecule has 22 heavy (non-hydrogen) atoms. The van der Waals surface area contributed by atoms with Gasteiger partial charge in [0.1, 0.15) is 11.5 Å². The van der Waals surface area contributed by atoms with Gasteiger partial charge < -0.3 is 14.8 Å². The molecule has 2 atom stereocenters. The van der Waals surface area contributed by atoms with E-state index >= 15 is 0 Å². The molecule has 0 aromatic carbocycles. The summed E-state index contributed by atoms with van der Waals surface area (Å²) in [5, 5.41) is 12.7. The number of nitrogens with one attached hydrogen (secondary N) is 1. The van der Waals surface area contributed by atoms with Crippen LogP contribution in [0.25, 0.3) is 0 Å². The molecule has 0 aliphatic carbocycles. The van der Waals surface area contributed by atoms with Gasteiger partial charge in [0.25, 0.3) is 0 Å². The standard InChI is InChI=1S/C14H18F3NO3S/c1-9-4-5-11(21-9)13(20,14(15,16)17)7-12(19)18-8-10-3-2-6-22-10/h4-5,10,20H,2-3,6-8H2,1H3,(H,18,19). The highest BCUT2D eigenvalue weighted by Gasteiger charge is 2.58. The molecule has 1 aromatic rings. The minimum absolute atomic E-state index is 0.230. The lowest BCUT2D eigenvalue weighted by atomic mass is 9.95. The van der Waals surface area contributed by atoms with Gasteiger partial charge in [0.2, 0.25) is 11.5 Å². The van der Waals surface area contributed by atoms with E-state index in [1.807, 2.05) is 0 Å². The van der Waals surface area contributed by atoms with E-state index in [0.29, 0.717) is 6.54 Å². The minimum atomic E-state index is -5.00. The van der Waals surface area contributed by atoms with Crippen molar-refractivity contribution >= 4 is 17.7 Å². The summed E-state index contributed by atoms with van der Waals surface area (Å²) in [6.07, 6.45) is -4.13. The zero-order valence-electron chi connectivity index (χ0n) is 12.1. The minimum Gasteiger partial charge on any atom is -0.463 e. The summed E-state index contributed by atoms with van der Waals surface area (Å²) in [5.74, 6) is -0.275. The van der Waals surface area contributed by atoms with E-state index in [9.17, 15) is 23.1 Å². The molecule has 0 bridgehead atoms. The first kappa shape index (κ1) is 17.2. The van der Waals surface area contributed by atoms with Crippen molar-refractivity contribution in [2.75, 3.05) is 12.3 Å². The molecule has 1 saturated heterocycles. The number of aliphatic hydroxyl groups is 1. The molecule has 2 unspecified atom stereocenters. The number of amides is 1. The SMILES string of the molecule is Cc1ccc(C(O)(CC(=O)NCC2CCCS2)C(F)(F)F)o1. The molecule has 2 heterocycles. The molecule has 2 rings (SSSR count). The number of carbonyl (C=O) groups excluding carboxylic acids is 1. The fourth-order valence-electron chi connectivity index (χ4n) is 2.31. The third kappa shape index (κ3) is 3.78. The van der Waals surface area contributed by atoms with Gasteiger partial charge in [-0.05, 0) is 37.7 Å². The molecule has 2 N–H and O–H groups in total. The van der Waals surface area contributed by atoms with Crippen LogP contribution in [0.2, 0.25) is 0 Å². The van der Waals surface area contributed by atoms with Gasteiger partial charge in [-0.3, -0.25) is 4.79 Å². The summed E-state index contributed by atoms with van der Waals surface area (Å²) in [6.45, 7) is 1.78. The van der Waals surface area contributed by atoms with Crippen LogP contribution in [0.1, 0.15) is 30.8 Å². The molecule has 1 fully saturated rings. The van der Waals surface area contributed by atoms with E-state index in [1.165, 1.54) is 13.0 Å². The van der Waals surface area contributed by atoms with Gasteiger partial charge in [-0.1, -0.05) is 0 Å². The maximum atomic E-state index is 13.2. The highest BCUT2D eigenvalue weighted by molar-refractivity contribution is 8.00. The number of hydrogen-bond acceptors (Lipinski definition) is 4. The Bertz CT molecular complexity index is 526. The van der Waals surface area contributed by atoms with Gasteiger partial charge in [-0.2, -0.15) is 24.9 Å². The van der Waals surface area contributed by atoms with Gasteiger partial charge in [-0.25, -0.2) is 0 Å². The summed E-state index contributed by atoms with van der Waals surface area (Å²) in [7, 11) is 0. The molecule has 8 heteroatoms. The Hall–Kier alpha value is -1.15. The normalized spacial score (nSPS) is 21.6. The number of alkyl halides is 3. The van der Waals surface area contributed by atoms with Gasteiger partial charge >= 0.3 is 6.18 Å². The van der Waals surface area contributed by atoms with Crippen LogP contribution in [0.5, 0.6) is 0 Å². The van der Waals surface area contributed by atoms with Crippen molar-refractivity contribution in [2.45, 2.75) is 43.2 Å². The fraction of sp³-hybridized carbons (Fsp3) is 0.643. The fourth-order valence-corrected chi connectivity index (χ4v) is 3.51. The number of halogens is 3. The van der Waals surface area contributed by atoms with Crippen LogP contribution >= 0.6 is 11.8 Å². The van der Waals surface area contributed by atoms with Gasteiger partial charge in [0.05, 0.1) is 6.42 Å². The quantitative estimate of drug-likeness (QED) is 0.867. The van der Waals surface area contributed by atoms with Crippen LogP contribution in [0.15, 0.2) is 16.5 Å². The zero-order chi connectivity index (χ0) is 16.4. The van der Waals surface area contributed by atoms with Crippen molar-refractivity contribution in [1.82, 2.24) is 5.32 Å². The van der Waals surface area contributed by atoms with Crippen molar-refractivity contribution in [3.8, 4) is 0 Å². The maximum Gasteiger partial charge on any atom is 0.425 e. The largest absolute Gasteiger partial charge is 0.463 e. The molecule has 0 spiro atoms. The first-order chi connectivity index (χ1) is 10.2.